The van der Waals surface area contributed by atoms with Crippen molar-refractivity contribution in [2.45, 2.75) is 19.8 Å². The summed E-state index contributed by atoms with van der Waals surface area (Å²) >= 11 is 13.6. The van der Waals surface area contributed by atoms with Gasteiger partial charge in [-0.3, -0.25) is 9.59 Å². The molecule has 0 saturated carbocycles. The largest absolute Gasteiger partial charge is 0.326 e. The van der Waals surface area contributed by atoms with E-state index in [-0.39, 0.29) is 11.8 Å². The van der Waals surface area contributed by atoms with E-state index in [2.05, 4.69) is 10.6 Å². The van der Waals surface area contributed by atoms with Gasteiger partial charge in [-0.05, 0) is 42.8 Å². The second-order valence-electron chi connectivity index (χ2n) is 5.72. The zero-order valence-corrected chi connectivity index (χ0v) is 16.3. The number of halogens is 2. The average Bonchev–Trinajstić information content (AvgIpc) is 2.93. The first-order valence-corrected chi connectivity index (χ1v) is 9.64. The average molecular weight is 407 g/mol. The number of anilines is 2. The van der Waals surface area contributed by atoms with Gasteiger partial charge < -0.3 is 10.6 Å². The number of carbonyl (C=O) groups excluding carboxylic acids is 2. The van der Waals surface area contributed by atoms with E-state index in [1.165, 1.54) is 11.3 Å². The minimum atomic E-state index is -0.282. The highest BCUT2D eigenvalue weighted by Crippen LogP contribution is 2.37. The third-order valence-corrected chi connectivity index (χ3v) is 5.59. The van der Waals surface area contributed by atoms with E-state index in [9.17, 15) is 9.59 Å². The first-order valence-electron chi connectivity index (χ1n) is 8.06. The van der Waals surface area contributed by atoms with Crippen LogP contribution in [-0.2, 0) is 4.79 Å². The molecule has 0 unspecified atom stereocenters. The summed E-state index contributed by atoms with van der Waals surface area (Å²) in [5.41, 5.74) is 1.31. The number of benzene rings is 2. The lowest BCUT2D eigenvalue weighted by molar-refractivity contribution is -0.116. The molecule has 0 bridgehead atoms. The van der Waals surface area contributed by atoms with Crippen LogP contribution in [0, 0.1) is 0 Å². The summed E-state index contributed by atoms with van der Waals surface area (Å²) in [6, 6.07) is 12.3. The van der Waals surface area contributed by atoms with E-state index in [1.54, 1.807) is 42.5 Å². The molecule has 0 aliphatic rings. The van der Waals surface area contributed by atoms with E-state index in [0.717, 1.165) is 16.5 Å². The Morgan fingerprint density at radius 2 is 1.65 bits per heavy atom. The summed E-state index contributed by atoms with van der Waals surface area (Å²) in [6.45, 7) is 1.95. The molecule has 4 nitrogen and oxygen atoms in total. The van der Waals surface area contributed by atoms with Gasteiger partial charge in [-0.25, -0.2) is 0 Å². The maximum atomic E-state index is 12.5. The second kappa shape index (κ2) is 8.08. The number of carbonyl (C=O) groups is 2. The lowest BCUT2D eigenvalue weighted by Crippen LogP contribution is -2.12. The normalized spacial score (nSPS) is 10.7. The molecule has 2 aromatic carbocycles. The molecule has 2 amide bonds. The van der Waals surface area contributed by atoms with Crippen molar-refractivity contribution in [2.75, 3.05) is 10.6 Å². The maximum Gasteiger partial charge on any atom is 0.267 e. The van der Waals surface area contributed by atoms with Crippen molar-refractivity contribution in [2.24, 2.45) is 0 Å². The van der Waals surface area contributed by atoms with Crippen molar-refractivity contribution in [3.05, 3.63) is 57.4 Å². The molecule has 0 fully saturated rings. The van der Waals surface area contributed by atoms with Gasteiger partial charge in [0.2, 0.25) is 5.91 Å². The number of nitrogens with one attached hydrogen (secondary N) is 2. The van der Waals surface area contributed by atoms with E-state index in [1.807, 2.05) is 6.92 Å². The van der Waals surface area contributed by atoms with Crippen molar-refractivity contribution in [1.82, 2.24) is 0 Å². The van der Waals surface area contributed by atoms with Crippen LogP contribution in [-0.4, -0.2) is 11.8 Å². The van der Waals surface area contributed by atoms with Gasteiger partial charge in [-0.15, -0.1) is 11.3 Å². The zero-order valence-electron chi connectivity index (χ0n) is 13.9. The first kappa shape index (κ1) is 18.7. The van der Waals surface area contributed by atoms with E-state index in [0.29, 0.717) is 32.7 Å². The van der Waals surface area contributed by atoms with Gasteiger partial charge in [0, 0.05) is 32.9 Å². The molecule has 3 aromatic rings. The molecule has 1 aromatic heterocycles. The standard InChI is InChI=1S/C19H16Cl2N2O2S/c1-2-3-16(24)22-12-5-7-13(8-6-12)23-19(25)18-17(21)14-9-4-11(20)10-15(14)26-18/h4-10H,2-3H2,1H3,(H,22,24)(H,23,25). The van der Waals surface area contributed by atoms with Gasteiger partial charge in [-0.2, -0.15) is 0 Å². The molecule has 0 spiro atoms. The van der Waals surface area contributed by atoms with Gasteiger partial charge in [0.05, 0.1) is 5.02 Å². The Kier molecular flexibility index (Phi) is 5.81. The van der Waals surface area contributed by atoms with Crippen molar-refractivity contribution in [3.8, 4) is 0 Å². The number of rotatable bonds is 5. The van der Waals surface area contributed by atoms with Gasteiger partial charge >= 0.3 is 0 Å². The van der Waals surface area contributed by atoms with Crippen LogP contribution in [0.2, 0.25) is 10.0 Å². The van der Waals surface area contributed by atoms with Gasteiger partial charge in [0.15, 0.2) is 0 Å². The highest BCUT2D eigenvalue weighted by atomic mass is 35.5. The molecule has 26 heavy (non-hydrogen) atoms. The van der Waals surface area contributed by atoms with E-state index in [4.69, 9.17) is 23.2 Å². The van der Waals surface area contributed by atoms with Crippen LogP contribution >= 0.6 is 34.5 Å². The molecule has 0 saturated heterocycles. The fourth-order valence-corrected chi connectivity index (χ4v) is 4.15. The van der Waals surface area contributed by atoms with Gasteiger partial charge in [0.1, 0.15) is 4.88 Å². The number of amides is 2. The van der Waals surface area contributed by atoms with Crippen LogP contribution in [0.1, 0.15) is 29.4 Å². The Bertz CT molecular complexity index is 968. The number of fused-ring (bicyclic) bond motifs is 1. The Morgan fingerprint density at radius 1 is 1.00 bits per heavy atom. The molecule has 0 atom stereocenters. The van der Waals surface area contributed by atoms with Crippen LogP contribution in [0.25, 0.3) is 10.1 Å². The van der Waals surface area contributed by atoms with Crippen LogP contribution < -0.4 is 10.6 Å². The zero-order chi connectivity index (χ0) is 18.7. The molecule has 2 N–H and O–H groups in total. The van der Waals surface area contributed by atoms with Crippen LogP contribution in [0.5, 0.6) is 0 Å². The van der Waals surface area contributed by atoms with Crippen molar-refractivity contribution >= 4 is 67.8 Å². The SMILES string of the molecule is CCCC(=O)Nc1ccc(NC(=O)c2sc3cc(Cl)ccc3c2Cl)cc1. The van der Waals surface area contributed by atoms with Gasteiger partial charge in [0.25, 0.3) is 5.91 Å². The second-order valence-corrected chi connectivity index (χ2v) is 7.58. The lowest BCUT2D eigenvalue weighted by Gasteiger charge is -2.07. The monoisotopic (exact) mass is 406 g/mol. The third kappa shape index (κ3) is 4.18. The summed E-state index contributed by atoms with van der Waals surface area (Å²) in [5, 5.41) is 7.45. The molecule has 0 aliphatic carbocycles. The molecular formula is C19H16Cl2N2O2S. The summed E-state index contributed by atoms with van der Waals surface area (Å²) < 4.78 is 0.863. The minimum absolute atomic E-state index is 0.0278. The van der Waals surface area contributed by atoms with Crippen LogP contribution in [0.3, 0.4) is 0 Å². The molecular weight excluding hydrogens is 391 g/mol. The number of hydrogen-bond donors (Lipinski definition) is 2. The van der Waals surface area contributed by atoms with E-state index >= 15 is 0 Å². The van der Waals surface area contributed by atoms with Crippen molar-refractivity contribution in [3.63, 3.8) is 0 Å². The Labute approximate surface area is 165 Å². The fourth-order valence-electron chi connectivity index (χ4n) is 2.46. The summed E-state index contributed by atoms with van der Waals surface area (Å²) in [6.07, 6.45) is 1.27. The highest BCUT2D eigenvalue weighted by molar-refractivity contribution is 7.21. The van der Waals surface area contributed by atoms with Crippen LogP contribution in [0.4, 0.5) is 11.4 Å². The van der Waals surface area contributed by atoms with Crippen LogP contribution in [0.15, 0.2) is 42.5 Å². The molecule has 7 heteroatoms. The summed E-state index contributed by atoms with van der Waals surface area (Å²) in [4.78, 5) is 24.6. The smallest absolute Gasteiger partial charge is 0.267 e. The van der Waals surface area contributed by atoms with E-state index < -0.39 is 0 Å². The quantitative estimate of drug-likeness (QED) is 0.529. The summed E-state index contributed by atoms with van der Waals surface area (Å²) in [7, 11) is 0. The molecule has 0 radical (unpaired) electrons. The third-order valence-electron chi connectivity index (χ3n) is 3.70. The molecule has 3 rings (SSSR count). The molecule has 1 heterocycles. The Balaban J connectivity index is 1.74. The van der Waals surface area contributed by atoms with Crippen molar-refractivity contribution in [1.29, 1.82) is 0 Å². The minimum Gasteiger partial charge on any atom is -0.326 e. The Morgan fingerprint density at radius 3 is 2.31 bits per heavy atom. The number of hydrogen-bond acceptors (Lipinski definition) is 3. The fraction of sp³-hybridized carbons (Fsp3) is 0.158. The predicted molar refractivity (Wildman–Crippen MR) is 110 cm³/mol. The number of thiophene rings is 1. The molecule has 134 valence electrons. The topological polar surface area (TPSA) is 58.2 Å². The summed E-state index contributed by atoms with van der Waals surface area (Å²) in [5.74, 6) is -0.310. The lowest BCUT2D eigenvalue weighted by atomic mass is 10.2. The maximum absolute atomic E-state index is 12.5. The highest BCUT2D eigenvalue weighted by Gasteiger charge is 2.17. The van der Waals surface area contributed by atoms with Crippen molar-refractivity contribution < 1.29 is 9.59 Å². The van der Waals surface area contributed by atoms with Gasteiger partial charge in [-0.1, -0.05) is 36.2 Å². The Hall–Kier alpha value is -2.08. The molecule has 0 aliphatic heterocycles. The predicted octanol–water partition coefficient (Wildman–Crippen LogP) is 6.20. The first-order chi connectivity index (χ1) is 12.5.